The summed E-state index contributed by atoms with van der Waals surface area (Å²) in [5.41, 5.74) is 0.429. The van der Waals surface area contributed by atoms with E-state index in [2.05, 4.69) is 62.3 Å². The minimum Gasteiger partial charge on any atom is -0.469 e. The maximum atomic E-state index is 12.7. The second-order valence-corrected chi connectivity index (χ2v) is 16.0. The van der Waals surface area contributed by atoms with E-state index in [1.807, 2.05) is 0 Å². The van der Waals surface area contributed by atoms with E-state index >= 15 is 0 Å². The maximum absolute atomic E-state index is 12.7. The Morgan fingerprint density at radius 1 is 1.00 bits per heavy atom. The summed E-state index contributed by atoms with van der Waals surface area (Å²) in [7, 11) is 3.98. The average Bonchev–Trinajstić information content (AvgIpc) is 2.42. The summed E-state index contributed by atoms with van der Waals surface area (Å²) in [5, 5.41) is 3.35. The molecule has 0 unspecified atom stereocenters. The van der Waals surface area contributed by atoms with Crippen LogP contribution in [0.1, 0.15) is 62.3 Å². The van der Waals surface area contributed by atoms with Crippen molar-refractivity contribution in [1.29, 1.82) is 0 Å². The highest BCUT2D eigenvalue weighted by Gasteiger charge is 2.59. The van der Waals surface area contributed by atoms with Gasteiger partial charge >= 0.3 is 5.97 Å². The van der Waals surface area contributed by atoms with Gasteiger partial charge in [-0.15, -0.1) is 0 Å². The van der Waals surface area contributed by atoms with Crippen LogP contribution in [0.4, 0.5) is 0 Å². The Morgan fingerprint density at radius 3 is 1.71 bits per heavy atom. The van der Waals surface area contributed by atoms with Crippen molar-refractivity contribution in [3.8, 4) is 0 Å². The lowest BCUT2D eigenvalue weighted by atomic mass is 9.83. The zero-order chi connectivity index (χ0) is 18.7. The molecule has 24 heavy (non-hydrogen) atoms. The average molecular weight is 386 g/mol. The van der Waals surface area contributed by atoms with E-state index < -0.39 is 0 Å². The molecule has 136 valence electrons. The van der Waals surface area contributed by atoms with E-state index in [1.165, 1.54) is 16.4 Å². The molecule has 0 aromatic rings. The number of esters is 1. The van der Waals surface area contributed by atoms with Crippen molar-refractivity contribution in [1.82, 2.24) is 0 Å². The monoisotopic (exact) mass is 386 g/mol. The normalized spacial score (nSPS) is 32.1. The van der Waals surface area contributed by atoms with Gasteiger partial charge < -0.3 is 4.74 Å². The van der Waals surface area contributed by atoms with Crippen molar-refractivity contribution in [3.63, 3.8) is 0 Å². The van der Waals surface area contributed by atoms with E-state index in [0.29, 0.717) is 0 Å². The largest absolute Gasteiger partial charge is 0.469 e. The first-order valence-corrected chi connectivity index (χ1v) is 12.0. The van der Waals surface area contributed by atoms with E-state index in [1.54, 1.807) is 17.2 Å². The number of ether oxygens (including phenoxy) is 1. The van der Waals surface area contributed by atoms with Gasteiger partial charge in [-0.05, 0) is 40.4 Å². The summed E-state index contributed by atoms with van der Waals surface area (Å²) < 4.78 is 5.25. The van der Waals surface area contributed by atoms with Crippen molar-refractivity contribution in [2.24, 2.45) is 22.2 Å². The van der Waals surface area contributed by atoms with Gasteiger partial charge in [0.1, 0.15) is 0 Å². The minimum atomic E-state index is -0.355. The summed E-state index contributed by atoms with van der Waals surface area (Å²) in [5.74, 6) is 0.0208. The third-order valence-corrected chi connectivity index (χ3v) is 15.0. The van der Waals surface area contributed by atoms with Crippen LogP contribution >= 0.6 is 24.3 Å². The number of hydrogen-bond acceptors (Lipinski definition) is 2. The molecule has 2 nitrogen and oxygen atoms in total. The van der Waals surface area contributed by atoms with Crippen molar-refractivity contribution < 1.29 is 9.53 Å². The second-order valence-electron chi connectivity index (χ2n) is 10.0. The van der Waals surface area contributed by atoms with Crippen molar-refractivity contribution in [2.75, 3.05) is 13.3 Å². The van der Waals surface area contributed by atoms with Crippen LogP contribution in [0.5, 0.6) is 0 Å². The number of carbonyl (C=O) groups is 1. The molecule has 0 fully saturated rings. The van der Waals surface area contributed by atoms with Gasteiger partial charge in [0.05, 0.1) is 17.9 Å². The van der Waals surface area contributed by atoms with E-state index in [-0.39, 0.29) is 41.0 Å². The molecule has 3 aliphatic rings. The Labute approximate surface area is 152 Å². The number of fused-ring (bicyclic) bond motifs is 1. The van der Waals surface area contributed by atoms with Crippen LogP contribution in [-0.4, -0.2) is 34.2 Å². The Bertz CT molecular complexity index is 566. The summed E-state index contributed by atoms with van der Waals surface area (Å²) in [4.78, 5) is 12.6. The zero-order valence-corrected chi connectivity index (χ0v) is 19.6. The van der Waals surface area contributed by atoms with Gasteiger partial charge in [-0.2, -0.15) is 0 Å². The Balaban J connectivity index is 2.78. The van der Waals surface area contributed by atoms with Gasteiger partial charge in [0.2, 0.25) is 0 Å². The molecule has 0 saturated carbocycles. The topological polar surface area (TPSA) is 26.3 Å². The number of hydrogen-bond donors (Lipinski definition) is 0. The summed E-state index contributed by atoms with van der Waals surface area (Å²) in [6, 6.07) is 0. The molecule has 0 spiro atoms. The number of carbonyl (C=O) groups excluding carboxylic acids is 1. The van der Waals surface area contributed by atoms with Crippen LogP contribution < -0.4 is 0 Å². The molecule has 1 atom stereocenters. The Hall–Kier alpha value is 0.240. The molecule has 0 aromatic carbocycles. The Morgan fingerprint density at radius 2 is 1.42 bits per heavy atom. The fraction of sp³-hybridized carbons (Fsp3) is 0.842. The van der Waals surface area contributed by atoms with Crippen LogP contribution in [0.2, 0.25) is 0 Å². The summed E-state index contributed by atoms with van der Waals surface area (Å²) in [6.45, 7) is 21.0. The fourth-order valence-electron chi connectivity index (χ4n) is 3.59. The van der Waals surface area contributed by atoms with Gasteiger partial charge in [0.15, 0.2) is 0 Å². The number of rotatable bonds is 1. The minimum absolute atomic E-state index is 0.00153. The Kier molecular flexibility index (Phi) is 5.26. The van der Waals surface area contributed by atoms with Crippen LogP contribution in [0.15, 0.2) is 0 Å². The van der Waals surface area contributed by atoms with Crippen LogP contribution in [-0.2, 0) is 9.53 Å². The third kappa shape index (κ3) is 3.29. The molecule has 0 radical (unpaired) electrons. The quantitative estimate of drug-likeness (QED) is 0.392. The summed E-state index contributed by atoms with van der Waals surface area (Å²) in [6.07, 6.45) is 0.985. The third-order valence-electron chi connectivity index (χ3n) is 4.85. The molecule has 3 heterocycles. The van der Waals surface area contributed by atoms with Crippen LogP contribution in [0.25, 0.3) is 0 Å². The second kappa shape index (κ2) is 6.15. The SMILES string of the molecule is COC(=O)[C@@H]1CP2C(C(C)(C)C)=PC1(C(C)(C)C)P=C2C(C)(C)C. The lowest BCUT2D eigenvalue weighted by Crippen LogP contribution is -2.52. The maximum Gasteiger partial charge on any atom is 0.311 e. The van der Waals surface area contributed by atoms with E-state index in [9.17, 15) is 4.79 Å². The first-order chi connectivity index (χ1) is 10.6. The molecule has 0 N–H and O–H groups in total. The van der Waals surface area contributed by atoms with Crippen LogP contribution in [0, 0.1) is 22.2 Å². The van der Waals surface area contributed by atoms with Gasteiger partial charge in [-0.3, -0.25) is 4.79 Å². The lowest BCUT2D eigenvalue weighted by molar-refractivity contribution is -0.145. The van der Waals surface area contributed by atoms with E-state index in [0.717, 1.165) is 6.16 Å². The van der Waals surface area contributed by atoms with Gasteiger partial charge in [-0.1, -0.05) is 78.7 Å². The molecule has 3 aliphatic heterocycles. The molecule has 0 saturated heterocycles. The molecular formula is C19H33O2P3. The summed E-state index contributed by atoms with van der Waals surface area (Å²) >= 11 is 0. The first-order valence-electron chi connectivity index (χ1n) is 8.71. The van der Waals surface area contributed by atoms with Crippen molar-refractivity contribution in [3.05, 3.63) is 0 Å². The predicted molar refractivity (Wildman–Crippen MR) is 112 cm³/mol. The van der Waals surface area contributed by atoms with Gasteiger partial charge in [-0.25, -0.2) is 0 Å². The highest BCUT2D eigenvalue weighted by atomic mass is 31.2. The van der Waals surface area contributed by atoms with E-state index in [4.69, 9.17) is 4.74 Å². The molecule has 5 heteroatoms. The molecule has 2 bridgehead atoms. The smallest absolute Gasteiger partial charge is 0.311 e. The van der Waals surface area contributed by atoms with Gasteiger partial charge in [0, 0.05) is 0 Å². The first kappa shape index (κ1) is 20.6. The van der Waals surface area contributed by atoms with Crippen LogP contribution in [0.3, 0.4) is 0 Å². The zero-order valence-electron chi connectivity index (χ0n) is 16.9. The van der Waals surface area contributed by atoms with Crippen molar-refractivity contribution in [2.45, 2.75) is 67.2 Å². The molecule has 0 aromatic heterocycles. The molecular weight excluding hydrogens is 353 g/mol. The molecule has 3 rings (SSSR count). The highest BCUT2D eigenvalue weighted by Crippen LogP contribution is 2.74. The standard InChI is InChI=1S/C19H33O2P3/c1-16(2,3)14-22-19(18(7,8)9)12(13(20)21-10)11-24(14)15(23-19)17(4,5)6/h12H,11H2,1-10H3/t12-,19?,24?/m0/s1. The van der Waals surface area contributed by atoms with Crippen molar-refractivity contribution >= 4 is 40.4 Å². The van der Waals surface area contributed by atoms with Gasteiger partial charge in [0.25, 0.3) is 0 Å². The molecule has 0 amide bonds. The highest BCUT2D eigenvalue weighted by molar-refractivity contribution is 8.06. The molecule has 0 aliphatic carbocycles. The number of methoxy groups -OCH3 is 1. The predicted octanol–water partition coefficient (Wildman–Crippen LogP) is 6.27. The fourth-order valence-corrected chi connectivity index (χ4v) is 14.0. The lowest BCUT2D eigenvalue weighted by Gasteiger charge is -2.56.